The van der Waals surface area contributed by atoms with E-state index >= 15 is 0 Å². The normalized spacial score (nSPS) is 15.7. The number of anilines is 1. The van der Waals surface area contributed by atoms with E-state index in [0.29, 0.717) is 24.0 Å². The van der Waals surface area contributed by atoms with Gasteiger partial charge in [-0.25, -0.2) is 0 Å². The van der Waals surface area contributed by atoms with Gasteiger partial charge in [0.1, 0.15) is 10.7 Å². The van der Waals surface area contributed by atoms with E-state index in [4.69, 9.17) is 0 Å². The molecule has 1 amide bonds. The maximum Gasteiger partial charge on any atom is 0.286 e. The van der Waals surface area contributed by atoms with Crippen molar-refractivity contribution in [2.45, 2.75) is 38.0 Å². The van der Waals surface area contributed by atoms with E-state index in [0.717, 1.165) is 6.42 Å². The molecule has 0 aliphatic carbocycles. The number of hydrogen-bond acceptors (Lipinski definition) is 4. The minimum Gasteiger partial charge on any atom is -0.356 e. The molecular formula is C15H21N3O3S. The minimum absolute atomic E-state index is 0.0959. The first-order valence-electron chi connectivity index (χ1n) is 7.35. The SMILES string of the molecule is CC(C)CCNC(=O)CCC1=NS(=O)(=O)c2ccccc2N1. The first kappa shape index (κ1) is 16.5. The van der Waals surface area contributed by atoms with Crippen LogP contribution in [0.1, 0.15) is 33.1 Å². The van der Waals surface area contributed by atoms with Crippen molar-refractivity contribution < 1.29 is 13.2 Å². The first-order valence-corrected chi connectivity index (χ1v) is 8.79. The van der Waals surface area contributed by atoms with Crippen LogP contribution < -0.4 is 10.6 Å². The van der Waals surface area contributed by atoms with Gasteiger partial charge in [0.2, 0.25) is 5.91 Å². The second-order valence-corrected chi connectivity index (χ2v) is 7.24. The van der Waals surface area contributed by atoms with E-state index in [1.54, 1.807) is 18.2 Å². The molecule has 1 aliphatic heterocycles. The average molecular weight is 323 g/mol. The fourth-order valence-electron chi connectivity index (χ4n) is 2.10. The van der Waals surface area contributed by atoms with Crippen LogP contribution in [0.4, 0.5) is 5.69 Å². The molecule has 0 unspecified atom stereocenters. The predicted molar refractivity (Wildman–Crippen MR) is 86.4 cm³/mol. The molecule has 1 heterocycles. The molecule has 0 aromatic heterocycles. The van der Waals surface area contributed by atoms with E-state index in [1.165, 1.54) is 6.07 Å². The summed E-state index contributed by atoms with van der Waals surface area (Å²) in [4.78, 5) is 11.9. The van der Waals surface area contributed by atoms with Crippen LogP contribution in [0.2, 0.25) is 0 Å². The van der Waals surface area contributed by atoms with Gasteiger partial charge >= 0.3 is 0 Å². The maximum absolute atomic E-state index is 12.0. The van der Waals surface area contributed by atoms with E-state index in [1.807, 2.05) is 0 Å². The molecule has 1 aliphatic rings. The van der Waals surface area contributed by atoms with Gasteiger partial charge in [-0.15, -0.1) is 4.40 Å². The van der Waals surface area contributed by atoms with Crippen molar-refractivity contribution in [1.29, 1.82) is 0 Å². The zero-order chi connectivity index (χ0) is 16.2. The Morgan fingerprint density at radius 1 is 1.32 bits per heavy atom. The third-order valence-corrected chi connectivity index (χ3v) is 4.68. The largest absolute Gasteiger partial charge is 0.356 e. The topological polar surface area (TPSA) is 87.6 Å². The van der Waals surface area contributed by atoms with E-state index < -0.39 is 10.0 Å². The molecule has 0 atom stereocenters. The van der Waals surface area contributed by atoms with Crippen LogP contribution >= 0.6 is 0 Å². The maximum atomic E-state index is 12.0. The van der Waals surface area contributed by atoms with E-state index in [9.17, 15) is 13.2 Å². The van der Waals surface area contributed by atoms with Gasteiger partial charge < -0.3 is 10.6 Å². The van der Waals surface area contributed by atoms with Gasteiger partial charge in [0.25, 0.3) is 10.0 Å². The van der Waals surface area contributed by atoms with Crippen LogP contribution in [0.15, 0.2) is 33.6 Å². The highest BCUT2D eigenvalue weighted by atomic mass is 32.2. The van der Waals surface area contributed by atoms with Gasteiger partial charge in [0, 0.05) is 19.4 Å². The van der Waals surface area contributed by atoms with E-state index in [-0.39, 0.29) is 23.6 Å². The van der Waals surface area contributed by atoms with Gasteiger partial charge in [-0.3, -0.25) is 4.79 Å². The predicted octanol–water partition coefficient (Wildman–Crippen LogP) is 2.14. The highest BCUT2D eigenvalue weighted by Gasteiger charge is 2.24. The van der Waals surface area contributed by atoms with Crippen molar-refractivity contribution in [3.05, 3.63) is 24.3 Å². The molecule has 0 radical (unpaired) electrons. The molecule has 1 aromatic rings. The number of benzene rings is 1. The highest BCUT2D eigenvalue weighted by molar-refractivity contribution is 7.90. The van der Waals surface area contributed by atoms with Crippen LogP contribution in [0.5, 0.6) is 0 Å². The van der Waals surface area contributed by atoms with Crippen LogP contribution in [-0.4, -0.2) is 26.7 Å². The molecule has 2 N–H and O–H groups in total. The molecule has 0 bridgehead atoms. The summed E-state index contributed by atoms with van der Waals surface area (Å²) >= 11 is 0. The Labute approximate surface area is 131 Å². The Morgan fingerprint density at radius 3 is 2.77 bits per heavy atom. The molecule has 0 saturated heterocycles. The number of carbonyl (C=O) groups is 1. The molecule has 0 fully saturated rings. The van der Waals surface area contributed by atoms with Gasteiger partial charge in [-0.1, -0.05) is 26.0 Å². The molecule has 0 spiro atoms. The summed E-state index contributed by atoms with van der Waals surface area (Å²) in [5.74, 6) is 0.741. The van der Waals surface area contributed by atoms with Crippen molar-refractivity contribution >= 4 is 27.5 Å². The molecule has 2 rings (SSSR count). The minimum atomic E-state index is -3.67. The summed E-state index contributed by atoms with van der Waals surface area (Å²) in [5.41, 5.74) is 0.507. The number of carbonyl (C=O) groups excluding carboxylic acids is 1. The number of fused-ring (bicyclic) bond motifs is 1. The third kappa shape index (κ3) is 4.30. The lowest BCUT2D eigenvalue weighted by molar-refractivity contribution is -0.120. The van der Waals surface area contributed by atoms with Crippen LogP contribution in [0.3, 0.4) is 0 Å². The lowest BCUT2D eigenvalue weighted by atomic mass is 10.1. The number of sulfonamides is 1. The quantitative estimate of drug-likeness (QED) is 0.839. The number of nitrogens with one attached hydrogen (secondary N) is 2. The average Bonchev–Trinajstić information content (AvgIpc) is 2.44. The van der Waals surface area contributed by atoms with Crippen LogP contribution in [-0.2, 0) is 14.8 Å². The number of nitrogens with zero attached hydrogens (tertiary/aromatic N) is 1. The molecule has 120 valence electrons. The van der Waals surface area contributed by atoms with Gasteiger partial charge in [0.05, 0.1) is 5.69 Å². The molecule has 1 aromatic carbocycles. The molecule has 0 saturated carbocycles. The Hall–Kier alpha value is -1.89. The number of rotatable bonds is 6. The Kier molecular flexibility index (Phi) is 5.18. The molecule has 7 heteroatoms. The number of hydrogen-bond donors (Lipinski definition) is 2. The third-order valence-electron chi connectivity index (χ3n) is 3.31. The monoisotopic (exact) mass is 323 g/mol. The highest BCUT2D eigenvalue weighted by Crippen LogP contribution is 2.27. The fraction of sp³-hybridized carbons (Fsp3) is 0.467. The molecular weight excluding hydrogens is 302 g/mol. The van der Waals surface area contributed by atoms with E-state index in [2.05, 4.69) is 28.9 Å². The number of amides is 1. The van der Waals surface area contributed by atoms with Crippen molar-refractivity contribution in [3.8, 4) is 0 Å². The number of para-hydroxylation sites is 1. The Morgan fingerprint density at radius 2 is 2.05 bits per heavy atom. The Bertz CT molecular complexity index is 681. The first-order chi connectivity index (χ1) is 10.4. The lowest BCUT2D eigenvalue weighted by Crippen LogP contribution is -2.28. The summed E-state index contributed by atoms with van der Waals surface area (Å²) < 4.78 is 27.8. The van der Waals surface area contributed by atoms with Crippen LogP contribution in [0.25, 0.3) is 0 Å². The molecule has 6 nitrogen and oxygen atoms in total. The lowest BCUT2D eigenvalue weighted by Gasteiger charge is -2.17. The summed E-state index contributed by atoms with van der Waals surface area (Å²) in [7, 11) is -3.67. The van der Waals surface area contributed by atoms with Crippen molar-refractivity contribution in [1.82, 2.24) is 5.32 Å². The van der Waals surface area contributed by atoms with Crippen LogP contribution in [0, 0.1) is 5.92 Å². The number of amidine groups is 1. The summed E-state index contributed by atoms with van der Waals surface area (Å²) in [6, 6.07) is 6.60. The smallest absolute Gasteiger partial charge is 0.286 e. The van der Waals surface area contributed by atoms with Gasteiger partial charge in [-0.05, 0) is 24.5 Å². The van der Waals surface area contributed by atoms with Crippen molar-refractivity contribution in [3.63, 3.8) is 0 Å². The fourth-order valence-corrected chi connectivity index (χ4v) is 3.27. The van der Waals surface area contributed by atoms with Gasteiger partial charge in [0.15, 0.2) is 0 Å². The standard InChI is InChI=1S/C15H21N3O3S/c1-11(2)9-10-16-15(19)8-7-14-17-12-5-3-4-6-13(12)22(20,21)18-14/h3-6,11H,7-10H2,1-2H3,(H,16,19)(H,17,18). The zero-order valence-corrected chi connectivity index (χ0v) is 13.6. The Balaban J connectivity index is 1.92. The second kappa shape index (κ2) is 6.91. The van der Waals surface area contributed by atoms with Gasteiger partial charge in [-0.2, -0.15) is 8.42 Å². The summed E-state index contributed by atoms with van der Waals surface area (Å²) in [6.07, 6.45) is 1.40. The van der Waals surface area contributed by atoms with Crippen molar-refractivity contribution in [2.24, 2.45) is 10.3 Å². The summed E-state index contributed by atoms with van der Waals surface area (Å²) in [5, 5.41) is 5.80. The van der Waals surface area contributed by atoms with Crippen molar-refractivity contribution in [2.75, 3.05) is 11.9 Å². The zero-order valence-electron chi connectivity index (χ0n) is 12.8. The summed E-state index contributed by atoms with van der Waals surface area (Å²) in [6.45, 7) is 4.82. The molecule has 22 heavy (non-hydrogen) atoms. The second-order valence-electron chi connectivity index (χ2n) is 5.67.